The summed E-state index contributed by atoms with van der Waals surface area (Å²) in [4.78, 5) is 2.58. The van der Waals surface area contributed by atoms with E-state index in [2.05, 4.69) is 63.8 Å². The average molecular weight is 308 g/mol. The fourth-order valence-corrected chi connectivity index (χ4v) is 3.62. The minimum Gasteiger partial charge on any atom is -0.296 e. The third-order valence-electron chi connectivity index (χ3n) is 4.89. The topological polar surface area (TPSA) is 3.24 Å². The van der Waals surface area contributed by atoms with Gasteiger partial charge in [-0.25, -0.2) is 0 Å². The molecular weight excluding hydrogens is 278 g/mol. The molecule has 0 aromatic heterocycles. The van der Waals surface area contributed by atoms with Gasteiger partial charge in [0.15, 0.2) is 0 Å². The highest BCUT2D eigenvalue weighted by atomic mass is 35.5. The zero-order valence-electron chi connectivity index (χ0n) is 14.2. The van der Waals surface area contributed by atoms with Crippen LogP contribution in [0, 0.1) is 0 Å². The van der Waals surface area contributed by atoms with Crippen LogP contribution in [0.25, 0.3) is 0 Å². The maximum atomic E-state index is 6.70. The van der Waals surface area contributed by atoms with E-state index in [9.17, 15) is 0 Å². The molecule has 3 atom stereocenters. The summed E-state index contributed by atoms with van der Waals surface area (Å²) >= 11 is 6.70. The largest absolute Gasteiger partial charge is 0.296 e. The van der Waals surface area contributed by atoms with Gasteiger partial charge in [0.05, 0.1) is 5.38 Å². The second kappa shape index (κ2) is 6.71. The smallest absolute Gasteiger partial charge is 0.0712 e. The number of nitrogens with zero attached hydrogens (tertiary/aromatic N) is 1. The Hall–Kier alpha value is -0.530. The number of benzene rings is 1. The number of hydrogen-bond acceptors (Lipinski definition) is 1. The van der Waals surface area contributed by atoms with Crippen molar-refractivity contribution in [2.24, 2.45) is 0 Å². The number of halogens is 1. The van der Waals surface area contributed by atoms with Crippen LogP contribution in [0.4, 0.5) is 0 Å². The van der Waals surface area contributed by atoms with Gasteiger partial charge in [0, 0.05) is 18.6 Å². The summed E-state index contributed by atoms with van der Waals surface area (Å²) in [5.41, 5.74) is 2.82. The first-order valence-electron chi connectivity index (χ1n) is 8.29. The Kier molecular flexibility index (Phi) is 5.38. The molecule has 118 valence electrons. The van der Waals surface area contributed by atoms with Gasteiger partial charge < -0.3 is 0 Å². The molecule has 21 heavy (non-hydrogen) atoms. The molecule has 0 spiro atoms. The van der Waals surface area contributed by atoms with Crippen molar-refractivity contribution in [1.82, 2.24) is 4.90 Å². The first-order valence-corrected chi connectivity index (χ1v) is 8.73. The predicted molar refractivity (Wildman–Crippen MR) is 93.2 cm³/mol. The second-order valence-electron chi connectivity index (χ2n) is 7.67. The summed E-state index contributed by atoms with van der Waals surface area (Å²) < 4.78 is 0. The number of rotatable bonds is 3. The van der Waals surface area contributed by atoms with Crippen LogP contribution in [0.15, 0.2) is 24.3 Å². The van der Waals surface area contributed by atoms with Crippen molar-refractivity contribution in [3.63, 3.8) is 0 Å². The lowest BCUT2D eigenvalue weighted by atomic mass is 9.86. The lowest BCUT2D eigenvalue weighted by Crippen LogP contribution is -2.45. The Balaban J connectivity index is 2.04. The zero-order valence-corrected chi connectivity index (χ0v) is 15.0. The fourth-order valence-electron chi connectivity index (χ4n) is 3.32. The number of likely N-dealkylation sites (tertiary alicyclic amines) is 1. The summed E-state index contributed by atoms with van der Waals surface area (Å²) in [5, 5.41) is 0.0852. The summed E-state index contributed by atoms with van der Waals surface area (Å²) in [6, 6.07) is 10.2. The fraction of sp³-hybridized carbons (Fsp3) is 0.684. The molecule has 0 N–H and O–H groups in total. The molecule has 0 radical (unpaired) electrons. The maximum Gasteiger partial charge on any atom is 0.0712 e. The second-order valence-corrected chi connectivity index (χ2v) is 8.19. The molecule has 1 aliphatic rings. The van der Waals surface area contributed by atoms with Gasteiger partial charge in [-0.15, -0.1) is 11.6 Å². The molecule has 2 rings (SSSR count). The van der Waals surface area contributed by atoms with Crippen LogP contribution >= 0.6 is 11.6 Å². The molecule has 1 fully saturated rings. The molecule has 1 aliphatic heterocycles. The SMILES string of the molecule is CC1CCCC(C)N1CC(Cl)c1ccc(C(C)(C)C)cc1. The highest BCUT2D eigenvalue weighted by molar-refractivity contribution is 6.21. The highest BCUT2D eigenvalue weighted by Crippen LogP contribution is 2.30. The Morgan fingerprint density at radius 1 is 1.10 bits per heavy atom. The van der Waals surface area contributed by atoms with Gasteiger partial charge in [0.1, 0.15) is 0 Å². The maximum absolute atomic E-state index is 6.70. The van der Waals surface area contributed by atoms with Crippen molar-refractivity contribution >= 4 is 11.6 Å². The molecule has 1 saturated heterocycles. The van der Waals surface area contributed by atoms with E-state index in [1.165, 1.54) is 30.4 Å². The average Bonchev–Trinajstić information content (AvgIpc) is 2.42. The van der Waals surface area contributed by atoms with Crippen molar-refractivity contribution in [3.05, 3.63) is 35.4 Å². The van der Waals surface area contributed by atoms with Gasteiger partial charge in [-0.2, -0.15) is 0 Å². The Labute approximate surface area is 135 Å². The number of hydrogen-bond donors (Lipinski definition) is 0. The third-order valence-corrected chi connectivity index (χ3v) is 5.28. The Morgan fingerprint density at radius 3 is 2.10 bits per heavy atom. The zero-order chi connectivity index (χ0) is 15.6. The standard InChI is InChI=1S/C19H30ClN/c1-14-7-6-8-15(2)21(14)13-18(20)16-9-11-17(12-10-16)19(3,4)5/h9-12,14-15,18H,6-8,13H2,1-5H3. The summed E-state index contributed by atoms with van der Waals surface area (Å²) in [6.07, 6.45) is 3.96. The van der Waals surface area contributed by atoms with Crippen molar-refractivity contribution in [1.29, 1.82) is 0 Å². The van der Waals surface area contributed by atoms with Crippen molar-refractivity contribution in [3.8, 4) is 0 Å². The molecule has 0 bridgehead atoms. The van der Waals surface area contributed by atoms with E-state index >= 15 is 0 Å². The lowest BCUT2D eigenvalue weighted by molar-refractivity contribution is 0.103. The van der Waals surface area contributed by atoms with Gasteiger partial charge in [-0.05, 0) is 43.2 Å². The molecular formula is C19H30ClN. The molecule has 0 amide bonds. The molecule has 1 aromatic rings. The van der Waals surface area contributed by atoms with Crippen LogP contribution in [0.3, 0.4) is 0 Å². The van der Waals surface area contributed by atoms with Crippen LogP contribution in [-0.4, -0.2) is 23.5 Å². The predicted octanol–water partition coefficient (Wildman–Crippen LogP) is 5.53. The van der Waals surface area contributed by atoms with Crippen LogP contribution < -0.4 is 0 Å². The van der Waals surface area contributed by atoms with Crippen LogP contribution in [0.2, 0.25) is 0 Å². The van der Waals surface area contributed by atoms with Crippen LogP contribution in [0.5, 0.6) is 0 Å². The molecule has 0 saturated carbocycles. The van der Waals surface area contributed by atoms with Gasteiger partial charge in [0.2, 0.25) is 0 Å². The van der Waals surface area contributed by atoms with Crippen molar-refractivity contribution in [2.75, 3.05) is 6.54 Å². The molecule has 3 unspecified atom stereocenters. The Bertz CT molecular complexity index is 436. The van der Waals surface area contributed by atoms with Gasteiger partial charge in [-0.1, -0.05) is 51.5 Å². The molecule has 1 heterocycles. The highest BCUT2D eigenvalue weighted by Gasteiger charge is 2.27. The number of alkyl halides is 1. The van der Waals surface area contributed by atoms with E-state index in [1.807, 2.05) is 0 Å². The Morgan fingerprint density at radius 2 is 1.62 bits per heavy atom. The molecule has 1 nitrogen and oxygen atoms in total. The van der Waals surface area contributed by atoms with E-state index in [4.69, 9.17) is 11.6 Å². The van der Waals surface area contributed by atoms with E-state index in [0.29, 0.717) is 12.1 Å². The normalized spacial score (nSPS) is 25.8. The summed E-state index contributed by atoms with van der Waals surface area (Å²) in [7, 11) is 0. The van der Waals surface area contributed by atoms with Crippen molar-refractivity contribution in [2.45, 2.75) is 76.8 Å². The van der Waals surface area contributed by atoms with Gasteiger partial charge >= 0.3 is 0 Å². The van der Waals surface area contributed by atoms with E-state index < -0.39 is 0 Å². The van der Waals surface area contributed by atoms with E-state index in [-0.39, 0.29) is 10.8 Å². The summed E-state index contributed by atoms with van der Waals surface area (Å²) in [5.74, 6) is 0. The molecule has 0 aliphatic carbocycles. The first-order chi connectivity index (χ1) is 9.79. The molecule has 2 heteroatoms. The minimum absolute atomic E-state index is 0.0852. The third kappa shape index (κ3) is 4.23. The van der Waals surface area contributed by atoms with Crippen LogP contribution in [0.1, 0.15) is 70.4 Å². The van der Waals surface area contributed by atoms with E-state index in [0.717, 1.165) is 6.54 Å². The van der Waals surface area contributed by atoms with Crippen LogP contribution in [-0.2, 0) is 5.41 Å². The van der Waals surface area contributed by atoms with Crippen molar-refractivity contribution < 1.29 is 0 Å². The number of piperidine rings is 1. The summed E-state index contributed by atoms with van der Waals surface area (Å²) in [6.45, 7) is 12.4. The quantitative estimate of drug-likeness (QED) is 0.664. The monoisotopic (exact) mass is 307 g/mol. The molecule has 1 aromatic carbocycles. The first kappa shape index (κ1) is 16.8. The van der Waals surface area contributed by atoms with E-state index in [1.54, 1.807) is 0 Å². The lowest BCUT2D eigenvalue weighted by Gasteiger charge is -2.40. The van der Waals surface area contributed by atoms with Gasteiger partial charge in [0.25, 0.3) is 0 Å². The van der Waals surface area contributed by atoms with Gasteiger partial charge in [-0.3, -0.25) is 4.90 Å². The minimum atomic E-state index is 0.0852.